The lowest BCUT2D eigenvalue weighted by Crippen LogP contribution is -2.71. The number of hydrogen-bond donors (Lipinski definition) is 2. The third-order valence-corrected chi connectivity index (χ3v) is 9.20. The minimum absolute atomic E-state index is 0.0502. The Kier molecular flexibility index (Phi) is 2.35. The fourth-order valence-corrected chi connectivity index (χ4v) is 7.71. The first-order valence-corrected chi connectivity index (χ1v) is 10.1. The number of carbonyl (C=O) groups is 1. The fourth-order valence-electron chi connectivity index (χ4n) is 7.71. The van der Waals surface area contributed by atoms with Gasteiger partial charge in [-0.3, -0.25) is 0 Å². The number of epoxide rings is 3. The van der Waals surface area contributed by atoms with Crippen molar-refractivity contribution in [2.75, 3.05) is 6.61 Å². The first kappa shape index (κ1) is 15.9. The Balaban J connectivity index is 1.41. The highest BCUT2D eigenvalue weighted by atomic mass is 16.7. The van der Waals surface area contributed by atoms with Crippen molar-refractivity contribution in [3.05, 3.63) is 11.1 Å². The molecule has 0 aromatic rings. The Hall–Kier alpha value is -0.990. The summed E-state index contributed by atoms with van der Waals surface area (Å²) in [4.78, 5) is 12.1. The van der Waals surface area contributed by atoms with Crippen LogP contribution < -0.4 is 0 Å². The molecule has 4 heterocycles. The number of ether oxygens (including phenoxy) is 4. The van der Waals surface area contributed by atoms with E-state index in [1.807, 2.05) is 6.92 Å². The van der Waals surface area contributed by atoms with E-state index in [4.69, 9.17) is 18.9 Å². The number of cyclic esters (lactones) is 1. The van der Waals surface area contributed by atoms with E-state index in [-0.39, 0.29) is 42.5 Å². The molecule has 7 nitrogen and oxygen atoms in total. The lowest BCUT2D eigenvalue weighted by atomic mass is 9.46. The van der Waals surface area contributed by atoms with Gasteiger partial charge in [0.1, 0.15) is 36.1 Å². The zero-order chi connectivity index (χ0) is 18.7. The standard InChI is InChI=1S/C20H24O7/c1-7(2)18-13(26-18)14-20(27-14)17(3)10(5-12-19(20,25-12)16(18)23)9-6-24-15(22)8(9)4-11(17)21/h7,10-14,16,21,23H,4-6H2,1-3H3. The van der Waals surface area contributed by atoms with Gasteiger partial charge in [-0.1, -0.05) is 20.8 Å². The van der Waals surface area contributed by atoms with Crippen LogP contribution in [0.2, 0.25) is 0 Å². The van der Waals surface area contributed by atoms with Crippen LogP contribution in [0.5, 0.6) is 0 Å². The lowest BCUT2D eigenvalue weighted by molar-refractivity contribution is -0.140. The molecule has 4 aliphatic heterocycles. The Morgan fingerprint density at radius 3 is 2.67 bits per heavy atom. The minimum atomic E-state index is -0.817. The second kappa shape index (κ2) is 4.00. The largest absolute Gasteiger partial charge is 0.458 e. The molecule has 146 valence electrons. The zero-order valence-electron chi connectivity index (χ0n) is 15.6. The minimum Gasteiger partial charge on any atom is -0.458 e. The van der Waals surface area contributed by atoms with Crippen molar-refractivity contribution in [2.45, 2.75) is 80.9 Å². The van der Waals surface area contributed by atoms with Gasteiger partial charge in [-0.15, -0.1) is 0 Å². The molecule has 0 bridgehead atoms. The third-order valence-electron chi connectivity index (χ3n) is 9.20. The van der Waals surface area contributed by atoms with Gasteiger partial charge in [0, 0.05) is 17.4 Å². The average Bonchev–Trinajstić information content (AvgIpc) is 3.51. The number of carbonyl (C=O) groups excluding carboxylic acids is 1. The summed E-state index contributed by atoms with van der Waals surface area (Å²) in [5.41, 5.74) is -1.22. The van der Waals surface area contributed by atoms with Crippen LogP contribution >= 0.6 is 0 Å². The maximum atomic E-state index is 12.1. The highest BCUT2D eigenvalue weighted by molar-refractivity contribution is 5.92. The van der Waals surface area contributed by atoms with Crippen molar-refractivity contribution in [3.8, 4) is 0 Å². The number of hydrogen-bond acceptors (Lipinski definition) is 7. The Bertz CT molecular complexity index is 851. The molecule has 10 atom stereocenters. The normalized spacial score (nSPS) is 64.0. The second-order valence-electron chi connectivity index (χ2n) is 9.99. The highest BCUT2D eigenvalue weighted by Crippen LogP contribution is 2.82. The van der Waals surface area contributed by atoms with Crippen molar-refractivity contribution in [3.63, 3.8) is 0 Å². The Labute approximate surface area is 156 Å². The number of rotatable bonds is 1. The molecule has 7 aliphatic rings. The van der Waals surface area contributed by atoms with Crippen LogP contribution in [-0.2, 0) is 23.7 Å². The molecule has 3 saturated heterocycles. The van der Waals surface area contributed by atoms with Crippen molar-refractivity contribution < 1.29 is 34.0 Å². The molecule has 0 aromatic heterocycles. The maximum absolute atomic E-state index is 12.1. The van der Waals surface area contributed by atoms with Crippen LogP contribution in [0.25, 0.3) is 0 Å². The van der Waals surface area contributed by atoms with E-state index in [0.717, 1.165) is 5.57 Å². The van der Waals surface area contributed by atoms with Crippen LogP contribution in [0.15, 0.2) is 11.1 Å². The fraction of sp³-hybridized carbons (Fsp3) is 0.850. The number of aliphatic hydroxyl groups excluding tert-OH is 2. The van der Waals surface area contributed by atoms with E-state index in [9.17, 15) is 15.0 Å². The van der Waals surface area contributed by atoms with Crippen LogP contribution in [0.3, 0.4) is 0 Å². The number of aliphatic hydroxyl groups is 2. The van der Waals surface area contributed by atoms with Crippen LogP contribution in [-0.4, -0.2) is 70.1 Å². The molecule has 2 N–H and O–H groups in total. The maximum Gasteiger partial charge on any atom is 0.334 e. The first-order chi connectivity index (χ1) is 12.8. The second-order valence-corrected chi connectivity index (χ2v) is 9.99. The van der Waals surface area contributed by atoms with E-state index in [1.165, 1.54) is 0 Å². The average molecular weight is 376 g/mol. The molecule has 2 spiro atoms. The van der Waals surface area contributed by atoms with Gasteiger partial charge in [-0.25, -0.2) is 4.79 Å². The van der Waals surface area contributed by atoms with E-state index in [1.54, 1.807) is 0 Å². The van der Waals surface area contributed by atoms with Crippen molar-refractivity contribution in [1.82, 2.24) is 0 Å². The molecular weight excluding hydrogens is 352 g/mol. The summed E-state index contributed by atoms with van der Waals surface area (Å²) in [6.07, 6.45) is -1.09. The molecule has 3 aliphatic carbocycles. The summed E-state index contributed by atoms with van der Waals surface area (Å²) >= 11 is 0. The van der Waals surface area contributed by atoms with E-state index in [2.05, 4.69) is 13.8 Å². The molecule has 2 saturated carbocycles. The van der Waals surface area contributed by atoms with Gasteiger partial charge in [-0.05, 0) is 23.8 Å². The van der Waals surface area contributed by atoms with Crippen LogP contribution in [0.4, 0.5) is 0 Å². The summed E-state index contributed by atoms with van der Waals surface area (Å²) in [7, 11) is 0. The Morgan fingerprint density at radius 1 is 1.15 bits per heavy atom. The predicted octanol–water partition coefficient (Wildman–Crippen LogP) is 0.0739. The van der Waals surface area contributed by atoms with Crippen molar-refractivity contribution in [1.29, 1.82) is 0 Å². The van der Waals surface area contributed by atoms with Gasteiger partial charge in [0.05, 0.1) is 12.2 Å². The third kappa shape index (κ3) is 1.25. The highest BCUT2D eigenvalue weighted by Gasteiger charge is 3.01. The molecule has 27 heavy (non-hydrogen) atoms. The Morgan fingerprint density at radius 2 is 1.93 bits per heavy atom. The smallest absolute Gasteiger partial charge is 0.334 e. The molecule has 0 amide bonds. The van der Waals surface area contributed by atoms with Gasteiger partial charge < -0.3 is 29.2 Å². The summed E-state index contributed by atoms with van der Waals surface area (Å²) < 4.78 is 24.1. The topological polar surface area (TPSA) is 104 Å². The molecular formula is C20H24O7. The van der Waals surface area contributed by atoms with Crippen LogP contribution in [0, 0.1) is 17.3 Å². The van der Waals surface area contributed by atoms with E-state index in [0.29, 0.717) is 18.6 Å². The van der Waals surface area contributed by atoms with E-state index >= 15 is 0 Å². The van der Waals surface area contributed by atoms with Gasteiger partial charge >= 0.3 is 5.97 Å². The molecule has 10 unspecified atom stereocenters. The zero-order valence-corrected chi connectivity index (χ0v) is 15.6. The van der Waals surface area contributed by atoms with Crippen molar-refractivity contribution >= 4 is 5.97 Å². The quantitative estimate of drug-likeness (QED) is 0.493. The monoisotopic (exact) mass is 376 g/mol. The van der Waals surface area contributed by atoms with Crippen molar-refractivity contribution in [2.24, 2.45) is 17.3 Å². The lowest BCUT2D eigenvalue weighted by Gasteiger charge is -2.55. The van der Waals surface area contributed by atoms with Gasteiger partial charge in [0.15, 0.2) is 5.60 Å². The van der Waals surface area contributed by atoms with Gasteiger partial charge in [0.2, 0.25) is 0 Å². The summed E-state index contributed by atoms with van der Waals surface area (Å²) in [6.45, 7) is 6.47. The summed E-state index contributed by atoms with van der Waals surface area (Å²) in [6, 6.07) is 0. The molecule has 0 radical (unpaired) electrons. The number of esters is 1. The van der Waals surface area contributed by atoms with Gasteiger partial charge in [0.25, 0.3) is 0 Å². The number of fused-ring (bicyclic) bond motifs is 4. The predicted molar refractivity (Wildman–Crippen MR) is 88.5 cm³/mol. The molecule has 0 aromatic carbocycles. The molecule has 5 fully saturated rings. The molecule has 7 heteroatoms. The summed E-state index contributed by atoms with van der Waals surface area (Å²) in [5.74, 6) is -0.208. The first-order valence-electron chi connectivity index (χ1n) is 10.1. The molecule has 7 rings (SSSR count). The van der Waals surface area contributed by atoms with Crippen LogP contribution in [0.1, 0.15) is 33.6 Å². The SMILES string of the molecule is CC(C)C12OC1C1OC13C1(C)C(O)CC4=C(COC4=O)C1CC1OC13C2O. The summed E-state index contributed by atoms with van der Waals surface area (Å²) in [5, 5.41) is 22.7. The van der Waals surface area contributed by atoms with Gasteiger partial charge in [-0.2, -0.15) is 0 Å². The van der Waals surface area contributed by atoms with E-state index < -0.39 is 34.4 Å².